The van der Waals surface area contributed by atoms with E-state index in [0.29, 0.717) is 3.57 Å². The highest BCUT2D eigenvalue weighted by molar-refractivity contribution is 14.1. The summed E-state index contributed by atoms with van der Waals surface area (Å²) in [5, 5.41) is 18.2. The zero-order valence-electron chi connectivity index (χ0n) is 7.95. The normalized spacial score (nSPS) is 9.40. The number of phenolic OH excluding ortho intramolecular Hbond substituents is 1. The predicted octanol–water partition coefficient (Wildman–Crippen LogP) is 2.05. The Morgan fingerprint density at radius 3 is 2.87 bits per heavy atom. The molecule has 0 radical (unpaired) electrons. The molecule has 4 nitrogen and oxygen atoms in total. The Hall–Kier alpha value is -1.29. The molecule has 0 aliphatic heterocycles. The second kappa shape index (κ2) is 4.98. The Morgan fingerprint density at radius 2 is 2.33 bits per heavy atom. The van der Waals surface area contributed by atoms with E-state index in [4.69, 9.17) is 10.00 Å². The van der Waals surface area contributed by atoms with Crippen molar-refractivity contribution in [1.82, 2.24) is 0 Å². The van der Waals surface area contributed by atoms with Crippen LogP contribution in [0.3, 0.4) is 0 Å². The molecular formula is C10H8INO3. The number of nitrogens with zero attached hydrogens (tertiary/aromatic N) is 1. The van der Waals surface area contributed by atoms with Gasteiger partial charge in [-0.3, -0.25) is 0 Å². The maximum atomic E-state index is 11.3. The third-order valence-electron chi connectivity index (χ3n) is 1.68. The molecule has 1 aromatic rings. The molecule has 1 N–H and O–H groups in total. The van der Waals surface area contributed by atoms with E-state index < -0.39 is 5.97 Å². The van der Waals surface area contributed by atoms with Crippen LogP contribution in [0.5, 0.6) is 5.75 Å². The molecule has 0 aliphatic rings. The van der Waals surface area contributed by atoms with Crippen LogP contribution in [-0.4, -0.2) is 17.7 Å². The smallest absolute Gasteiger partial charge is 0.338 e. The van der Waals surface area contributed by atoms with Gasteiger partial charge in [-0.2, -0.15) is 5.26 Å². The first-order valence-corrected chi connectivity index (χ1v) is 5.27. The minimum Gasteiger partial charge on any atom is -0.507 e. The van der Waals surface area contributed by atoms with Gasteiger partial charge < -0.3 is 9.84 Å². The van der Waals surface area contributed by atoms with E-state index in [1.54, 1.807) is 6.92 Å². The van der Waals surface area contributed by atoms with E-state index >= 15 is 0 Å². The number of hydrogen-bond donors (Lipinski definition) is 1. The van der Waals surface area contributed by atoms with Gasteiger partial charge in [-0.25, -0.2) is 4.79 Å². The Kier molecular flexibility index (Phi) is 3.91. The van der Waals surface area contributed by atoms with Crippen LogP contribution in [0, 0.1) is 14.9 Å². The number of halogens is 1. The van der Waals surface area contributed by atoms with Gasteiger partial charge in [-0.1, -0.05) is 0 Å². The molecule has 5 heteroatoms. The van der Waals surface area contributed by atoms with Crippen molar-refractivity contribution in [3.8, 4) is 11.8 Å². The zero-order valence-corrected chi connectivity index (χ0v) is 10.1. The van der Waals surface area contributed by atoms with E-state index in [-0.39, 0.29) is 23.5 Å². The lowest BCUT2D eigenvalue weighted by atomic mass is 10.1. The van der Waals surface area contributed by atoms with Gasteiger partial charge >= 0.3 is 5.97 Å². The van der Waals surface area contributed by atoms with Gasteiger partial charge in [0.2, 0.25) is 0 Å². The molecular weight excluding hydrogens is 309 g/mol. The van der Waals surface area contributed by atoms with Crippen molar-refractivity contribution in [2.45, 2.75) is 6.92 Å². The lowest BCUT2D eigenvalue weighted by Crippen LogP contribution is -2.05. The largest absolute Gasteiger partial charge is 0.507 e. The van der Waals surface area contributed by atoms with Crippen molar-refractivity contribution < 1.29 is 14.6 Å². The summed E-state index contributed by atoms with van der Waals surface area (Å²) >= 11 is 1.84. The Labute approximate surface area is 101 Å². The Bertz CT molecular complexity index is 437. The summed E-state index contributed by atoms with van der Waals surface area (Å²) in [7, 11) is 0. The van der Waals surface area contributed by atoms with Crippen LogP contribution in [-0.2, 0) is 4.74 Å². The maximum Gasteiger partial charge on any atom is 0.338 e. The first-order valence-electron chi connectivity index (χ1n) is 4.19. The molecule has 0 fully saturated rings. The number of carbonyl (C=O) groups excluding carboxylic acids is 1. The number of phenols is 1. The van der Waals surface area contributed by atoms with Gasteiger partial charge in [0, 0.05) is 0 Å². The molecule has 0 saturated heterocycles. The predicted molar refractivity (Wildman–Crippen MR) is 61.5 cm³/mol. The van der Waals surface area contributed by atoms with E-state index in [0.717, 1.165) is 0 Å². The fourth-order valence-corrected chi connectivity index (χ4v) is 1.45. The quantitative estimate of drug-likeness (QED) is 0.669. The highest BCUT2D eigenvalue weighted by Crippen LogP contribution is 2.25. The highest BCUT2D eigenvalue weighted by atomic mass is 127. The maximum absolute atomic E-state index is 11.3. The minimum atomic E-state index is -0.541. The average Bonchev–Trinajstić information content (AvgIpc) is 2.22. The van der Waals surface area contributed by atoms with Crippen molar-refractivity contribution in [3.05, 3.63) is 26.8 Å². The second-order valence-electron chi connectivity index (χ2n) is 2.69. The number of esters is 1. The molecule has 0 aromatic heterocycles. The number of benzene rings is 1. The fourth-order valence-electron chi connectivity index (χ4n) is 1.02. The molecule has 0 bridgehead atoms. The summed E-state index contributed by atoms with van der Waals surface area (Å²) in [4.78, 5) is 11.3. The highest BCUT2D eigenvalue weighted by Gasteiger charge is 2.13. The minimum absolute atomic E-state index is 0.0855. The van der Waals surface area contributed by atoms with Gasteiger partial charge in [0.05, 0.1) is 21.3 Å². The van der Waals surface area contributed by atoms with Gasteiger partial charge in [-0.15, -0.1) is 0 Å². The first-order chi connectivity index (χ1) is 7.10. The lowest BCUT2D eigenvalue weighted by Gasteiger charge is -2.04. The number of aromatic hydroxyl groups is 1. The fraction of sp³-hybridized carbons (Fsp3) is 0.200. The Morgan fingerprint density at radius 1 is 1.67 bits per heavy atom. The molecule has 15 heavy (non-hydrogen) atoms. The summed E-state index contributed by atoms with van der Waals surface area (Å²) in [6, 6.07) is 4.59. The van der Waals surface area contributed by atoms with Crippen LogP contribution >= 0.6 is 22.6 Å². The monoisotopic (exact) mass is 317 g/mol. The topological polar surface area (TPSA) is 70.3 Å². The molecule has 1 aromatic carbocycles. The third kappa shape index (κ3) is 2.59. The summed E-state index contributed by atoms with van der Waals surface area (Å²) < 4.78 is 5.19. The van der Waals surface area contributed by atoms with Crippen LogP contribution in [0.4, 0.5) is 0 Å². The van der Waals surface area contributed by atoms with E-state index in [1.165, 1.54) is 12.1 Å². The summed E-state index contributed by atoms with van der Waals surface area (Å²) in [6.45, 7) is 1.95. The average molecular weight is 317 g/mol. The molecule has 0 saturated carbocycles. The number of carbonyl (C=O) groups is 1. The molecule has 0 amide bonds. The van der Waals surface area contributed by atoms with Gasteiger partial charge in [0.25, 0.3) is 0 Å². The second-order valence-corrected chi connectivity index (χ2v) is 3.77. The molecule has 1 rings (SSSR count). The molecule has 0 aliphatic carbocycles. The van der Waals surface area contributed by atoms with Crippen molar-refractivity contribution in [2.75, 3.05) is 6.61 Å². The number of ether oxygens (including phenoxy) is 1. The van der Waals surface area contributed by atoms with Crippen LogP contribution in [0.15, 0.2) is 12.1 Å². The number of nitriles is 1. The summed E-state index contributed by atoms with van der Waals surface area (Å²) in [5.41, 5.74) is 0.449. The van der Waals surface area contributed by atoms with E-state index in [1.807, 2.05) is 28.7 Å². The van der Waals surface area contributed by atoms with Crippen molar-refractivity contribution >= 4 is 28.6 Å². The first kappa shape index (κ1) is 11.8. The molecule has 78 valence electrons. The summed E-state index contributed by atoms with van der Waals surface area (Å²) in [6.07, 6.45) is 0. The van der Waals surface area contributed by atoms with Gasteiger partial charge in [0.1, 0.15) is 11.8 Å². The summed E-state index contributed by atoms with van der Waals surface area (Å²) in [5.74, 6) is -0.626. The van der Waals surface area contributed by atoms with Crippen molar-refractivity contribution in [3.63, 3.8) is 0 Å². The SMILES string of the molecule is CCOC(=O)c1cc(O)c(I)c(C#N)c1. The van der Waals surface area contributed by atoms with Crippen LogP contribution in [0.2, 0.25) is 0 Å². The van der Waals surface area contributed by atoms with Crippen LogP contribution < -0.4 is 0 Å². The van der Waals surface area contributed by atoms with E-state index in [2.05, 4.69) is 0 Å². The number of hydrogen-bond acceptors (Lipinski definition) is 4. The third-order valence-corrected chi connectivity index (χ3v) is 2.82. The van der Waals surface area contributed by atoms with Crippen LogP contribution in [0.25, 0.3) is 0 Å². The molecule has 0 heterocycles. The van der Waals surface area contributed by atoms with E-state index in [9.17, 15) is 9.90 Å². The van der Waals surface area contributed by atoms with Crippen molar-refractivity contribution in [2.24, 2.45) is 0 Å². The molecule has 0 spiro atoms. The Balaban J connectivity index is 3.18. The van der Waals surface area contributed by atoms with Gasteiger partial charge in [0.15, 0.2) is 0 Å². The van der Waals surface area contributed by atoms with Crippen molar-refractivity contribution in [1.29, 1.82) is 5.26 Å². The van der Waals surface area contributed by atoms with Gasteiger partial charge in [-0.05, 0) is 41.6 Å². The number of rotatable bonds is 2. The van der Waals surface area contributed by atoms with Crippen LogP contribution in [0.1, 0.15) is 22.8 Å². The molecule has 0 unspecified atom stereocenters. The standard InChI is InChI=1S/C10H8INO3/c1-2-15-10(14)6-3-7(5-12)9(11)8(13)4-6/h3-4,13H,2H2,1H3. The zero-order chi connectivity index (χ0) is 11.4. The molecule has 0 atom stereocenters. The lowest BCUT2D eigenvalue weighted by molar-refractivity contribution is 0.0526.